The zero-order chi connectivity index (χ0) is 13.0. The van der Waals surface area contributed by atoms with E-state index in [1.807, 2.05) is 4.90 Å². The van der Waals surface area contributed by atoms with Crippen LogP contribution in [0.25, 0.3) is 0 Å². The molecule has 0 aromatic carbocycles. The van der Waals surface area contributed by atoms with E-state index in [0.29, 0.717) is 29.9 Å². The molecular weight excluding hydrogens is 296 g/mol. The first-order valence-electron chi connectivity index (χ1n) is 5.72. The van der Waals surface area contributed by atoms with E-state index in [-0.39, 0.29) is 5.91 Å². The zero-order valence-corrected chi connectivity index (χ0v) is 11.4. The molecule has 6 heteroatoms. The number of amides is 1. The molecular formula is C12H13BrN4O. The van der Waals surface area contributed by atoms with Gasteiger partial charge in [0.2, 0.25) is 0 Å². The summed E-state index contributed by atoms with van der Waals surface area (Å²) in [4.78, 5) is 20.2. The lowest BCUT2D eigenvalue weighted by molar-refractivity contribution is 0.0646. The summed E-state index contributed by atoms with van der Waals surface area (Å²) >= 11 is 3.26. The maximum atomic E-state index is 12.2. The van der Waals surface area contributed by atoms with Crippen molar-refractivity contribution in [3.05, 3.63) is 28.5 Å². The highest BCUT2D eigenvalue weighted by Crippen LogP contribution is 2.10. The van der Waals surface area contributed by atoms with Gasteiger partial charge in [0.15, 0.2) is 0 Å². The molecule has 1 fully saturated rings. The Morgan fingerprint density at radius 1 is 1.39 bits per heavy atom. The second-order valence-corrected chi connectivity index (χ2v) is 4.88. The summed E-state index contributed by atoms with van der Waals surface area (Å²) in [5, 5.41) is 8.61. The van der Waals surface area contributed by atoms with Gasteiger partial charge in [0, 0.05) is 26.2 Å². The fourth-order valence-electron chi connectivity index (χ4n) is 1.90. The Bertz CT molecular complexity index is 477. The van der Waals surface area contributed by atoms with Crippen molar-refractivity contribution in [3.8, 4) is 6.07 Å². The molecule has 1 aliphatic rings. The van der Waals surface area contributed by atoms with Crippen molar-refractivity contribution in [2.45, 2.75) is 0 Å². The molecule has 0 spiro atoms. The molecule has 0 saturated carbocycles. The monoisotopic (exact) mass is 308 g/mol. The first-order chi connectivity index (χ1) is 8.70. The van der Waals surface area contributed by atoms with Gasteiger partial charge in [-0.25, -0.2) is 4.98 Å². The van der Waals surface area contributed by atoms with Crippen LogP contribution in [0.3, 0.4) is 0 Å². The lowest BCUT2D eigenvalue weighted by atomic mass is 10.2. The molecule has 0 unspecified atom stereocenters. The topological polar surface area (TPSA) is 60.2 Å². The van der Waals surface area contributed by atoms with Gasteiger partial charge >= 0.3 is 0 Å². The van der Waals surface area contributed by atoms with Crippen molar-refractivity contribution in [2.24, 2.45) is 0 Å². The Hall–Kier alpha value is -1.45. The number of hydrogen-bond acceptors (Lipinski definition) is 4. The molecule has 5 nitrogen and oxygen atoms in total. The van der Waals surface area contributed by atoms with Crippen molar-refractivity contribution in [3.63, 3.8) is 0 Å². The van der Waals surface area contributed by atoms with Crippen molar-refractivity contribution < 1.29 is 4.79 Å². The summed E-state index contributed by atoms with van der Waals surface area (Å²) in [7, 11) is 0. The standard InChI is InChI=1S/C12H13BrN4O/c13-11-3-1-2-10(15-11)12(18)17-8-6-16(5-4-14)7-9-17/h1-3H,5-9H2. The van der Waals surface area contributed by atoms with Crippen LogP contribution in [0.1, 0.15) is 10.5 Å². The Labute approximate surface area is 114 Å². The van der Waals surface area contributed by atoms with E-state index in [9.17, 15) is 4.79 Å². The van der Waals surface area contributed by atoms with E-state index in [4.69, 9.17) is 5.26 Å². The van der Waals surface area contributed by atoms with E-state index in [2.05, 4.69) is 27.0 Å². The molecule has 1 amide bonds. The van der Waals surface area contributed by atoms with Crippen molar-refractivity contribution in [2.75, 3.05) is 32.7 Å². The molecule has 1 aromatic rings. The molecule has 1 saturated heterocycles. The number of hydrogen-bond donors (Lipinski definition) is 0. The number of piperazine rings is 1. The summed E-state index contributed by atoms with van der Waals surface area (Å²) in [6, 6.07) is 7.44. The minimum Gasteiger partial charge on any atom is -0.335 e. The largest absolute Gasteiger partial charge is 0.335 e. The number of nitriles is 1. The second-order valence-electron chi connectivity index (χ2n) is 4.07. The molecule has 18 heavy (non-hydrogen) atoms. The van der Waals surface area contributed by atoms with E-state index < -0.39 is 0 Å². The third-order valence-electron chi connectivity index (χ3n) is 2.89. The van der Waals surface area contributed by atoms with Crippen LogP contribution in [-0.4, -0.2) is 53.4 Å². The SMILES string of the molecule is N#CCN1CCN(C(=O)c2cccc(Br)n2)CC1. The fraction of sp³-hybridized carbons (Fsp3) is 0.417. The summed E-state index contributed by atoms with van der Waals surface area (Å²) in [5.74, 6) is -0.0482. The molecule has 1 aromatic heterocycles. The number of aromatic nitrogens is 1. The van der Waals surface area contributed by atoms with Crippen molar-refractivity contribution in [1.82, 2.24) is 14.8 Å². The van der Waals surface area contributed by atoms with E-state index in [1.165, 1.54) is 0 Å². The minimum absolute atomic E-state index is 0.0482. The van der Waals surface area contributed by atoms with Crippen LogP contribution in [0.5, 0.6) is 0 Å². The van der Waals surface area contributed by atoms with Gasteiger partial charge in [-0.15, -0.1) is 0 Å². The lowest BCUT2D eigenvalue weighted by Gasteiger charge is -2.33. The highest BCUT2D eigenvalue weighted by atomic mass is 79.9. The average Bonchev–Trinajstić information content (AvgIpc) is 2.39. The second kappa shape index (κ2) is 5.94. The average molecular weight is 309 g/mol. The maximum absolute atomic E-state index is 12.2. The van der Waals surface area contributed by atoms with Gasteiger partial charge in [-0.05, 0) is 28.1 Å². The summed E-state index contributed by atoms with van der Waals surface area (Å²) in [6.07, 6.45) is 0. The molecule has 2 heterocycles. The van der Waals surface area contributed by atoms with Gasteiger partial charge in [-0.1, -0.05) is 6.07 Å². The highest BCUT2D eigenvalue weighted by Gasteiger charge is 2.22. The first-order valence-corrected chi connectivity index (χ1v) is 6.51. The van der Waals surface area contributed by atoms with Gasteiger partial charge in [0.25, 0.3) is 5.91 Å². The van der Waals surface area contributed by atoms with E-state index in [1.54, 1.807) is 23.1 Å². The smallest absolute Gasteiger partial charge is 0.272 e. The van der Waals surface area contributed by atoms with Crippen LogP contribution in [-0.2, 0) is 0 Å². The van der Waals surface area contributed by atoms with Crippen LogP contribution in [0.2, 0.25) is 0 Å². The van der Waals surface area contributed by atoms with Crippen LogP contribution < -0.4 is 0 Å². The number of halogens is 1. The van der Waals surface area contributed by atoms with Gasteiger partial charge in [0.05, 0.1) is 12.6 Å². The molecule has 2 rings (SSSR count). The van der Waals surface area contributed by atoms with E-state index in [0.717, 1.165) is 13.1 Å². The Balaban J connectivity index is 1.98. The van der Waals surface area contributed by atoms with E-state index >= 15 is 0 Å². The number of nitrogens with zero attached hydrogens (tertiary/aromatic N) is 4. The zero-order valence-electron chi connectivity index (χ0n) is 9.84. The number of carbonyl (C=O) groups excluding carboxylic acids is 1. The molecule has 1 aliphatic heterocycles. The van der Waals surface area contributed by atoms with Gasteiger partial charge in [0.1, 0.15) is 10.3 Å². The Kier molecular flexibility index (Phi) is 4.28. The Morgan fingerprint density at radius 3 is 2.72 bits per heavy atom. The molecule has 94 valence electrons. The number of pyridine rings is 1. The third kappa shape index (κ3) is 3.06. The van der Waals surface area contributed by atoms with Crippen LogP contribution in [0.4, 0.5) is 0 Å². The first kappa shape index (κ1) is 13.0. The van der Waals surface area contributed by atoms with Gasteiger partial charge < -0.3 is 4.90 Å². The summed E-state index contributed by atoms with van der Waals surface area (Å²) in [6.45, 7) is 3.21. The number of rotatable bonds is 2. The van der Waals surface area contributed by atoms with Crippen molar-refractivity contribution in [1.29, 1.82) is 5.26 Å². The summed E-state index contributed by atoms with van der Waals surface area (Å²) in [5.41, 5.74) is 0.457. The van der Waals surface area contributed by atoms with Gasteiger partial charge in [-0.3, -0.25) is 9.69 Å². The Morgan fingerprint density at radius 2 is 2.11 bits per heavy atom. The minimum atomic E-state index is -0.0482. The summed E-state index contributed by atoms with van der Waals surface area (Å²) < 4.78 is 0.663. The lowest BCUT2D eigenvalue weighted by Crippen LogP contribution is -2.48. The molecule has 0 atom stereocenters. The maximum Gasteiger partial charge on any atom is 0.272 e. The van der Waals surface area contributed by atoms with Crippen LogP contribution in [0.15, 0.2) is 22.8 Å². The van der Waals surface area contributed by atoms with Crippen LogP contribution >= 0.6 is 15.9 Å². The normalized spacial score (nSPS) is 16.3. The molecule has 0 aliphatic carbocycles. The van der Waals surface area contributed by atoms with Crippen molar-refractivity contribution >= 4 is 21.8 Å². The third-order valence-corrected chi connectivity index (χ3v) is 3.33. The quantitative estimate of drug-likeness (QED) is 0.607. The highest BCUT2D eigenvalue weighted by molar-refractivity contribution is 9.10. The fourth-order valence-corrected chi connectivity index (χ4v) is 2.24. The predicted octanol–water partition coefficient (Wildman–Crippen LogP) is 1.13. The molecule has 0 radical (unpaired) electrons. The molecule has 0 N–H and O–H groups in total. The predicted molar refractivity (Wildman–Crippen MR) is 69.9 cm³/mol. The van der Waals surface area contributed by atoms with Crippen LogP contribution in [0, 0.1) is 11.3 Å². The molecule has 0 bridgehead atoms. The van der Waals surface area contributed by atoms with Gasteiger partial charge in [-0.2, -0.15) is 5.26 Å². The number of carbonyl (C=O) groups is 1.